The number of pyridine rings is 1. The highest BCUT2D eigenvalue weighted by atomic mass is 16.3. The summed E-state index contributed by atoms with van der Waals surface area (Å²) >= 11 is 0. The SMILES string of the molecule is C[C@H](C(N)=O)n1ccc2c(NC(=O)CC3(O)CCCCCC3)cccc2c1=O. The van der Waals surface area contributed by atoms with Crippen LogP contribution in [-0.2, 0) is 9.59 Å². The molecule has 1 aliphatic carbocycles. The lowest BCUT2D eigenvalue weighted by Gasteiger charge is -2.26. The fourth-order valence-electron chi connectivity index (χ4n) is 3.90. The molecule has 1 atom stereocenters. The minimum Gasteiger partial charge on any atom is -0.389 e. The predicted molar refractivity (Wildman–Crippen MR) is 108 cm³/mol. The van der Waals surface area contributed by atoms with Crippen molar-refractivity contribution in [2.45, 2.75) is 63.5 Å². The summed E-state index contributed by atoms with van der Waals surface area (Å²) in [5.74, 6) is -0.867. The van der Waals surface area contributed by atoms with Gasteiger partial charge in [0.1, 0.15) is 6.04 Å². The highest BCUT2D eigenvalue weighted by Crippen LogP contribution is 2.30. The number of nitrogens with two attached hydrogens (primary N) is 1. The van der Waals surface area contributed by atoms with Gasteiger partial charge in [-0.1, -0.05) is 31.7 Å². The Morgan fingerprint density at radius 2 is 1.86 bits per heavy atom. The molecule has 1 aliphatic rings. The zero-order valence-corrected chi connectivity index (χ0v) is 16.1. The maximum Gasteiger partial charge on any atom is 0.259 e. The lowest BCUT2D eigenvalue weighted by molar-refractivity contribution is -0.122. The number of nitrogens with zero attached hydrogens (tertiary/aromatic N) is 1. The summed E-state index contributed by atoms with van der Waals surface area (Å²) in [4.78, 5) is 36.7. The molecule has 1 heterocycles. The van der Waals surface area contributed by atoms with Gasteiger partial charge in [0.05, 0.1) is 12.0 Å². The van der Waals surface area contributed by atoms with E-state index in [4.69, 9.17) is 5.73 Å². The first-order valence-corrected chi connectivity index (χ1v) is 9.76. The Bertz CT molecular complexity index is 942. The number of hydrogen-bond acceptors (Lipinski definition) is 4. The van der Waals surface area contributed by atoms with Crippen molar-refractivity contribution < 1.29 is 14.7 Å². The molecule has 150 valence electrons. The maximum absolute atomic E-state index is 12.7. The molecule has 3 rings (SSSR count). The van der Waals surface area contributed by atoms with E-state index < -0.39 is 17.6 Å². The standard InChI is InChI=1S/C21H27N3O4/c1-14(19(22)26)24-12-9-15-16(20(24)27)7-6-8-17(15)23-18(25)13-21(28)10-4-2-3-5-11-21/h6-9,12,14,28H,2-5,10-11,13H2,1H3,(H2,22,26)(H,23,25)/t14-/m1/s1. The molecule has 0 radical (unpaired) electrons. The number of amides is 2. The zero-order valence-electron chi connectivity index (χ0n) is 16.1. The molecular formula is C21H27N3O4. The van der Waals surface area contributed by atoms with E-state index in [2.05, 4.69) is 5.32 Å². The van der Waals surface area contributed by atoms with Crippen LogP contribution in [0.2, 0.25) is 0 Å². The summed E-state index contributed by atoms with van der Waals surface area (Å²) in [7, 11) is 0. The highest BCUT2D eigenvalue weighted by molar-refractivity contribution is 6.02. The van der Waals surface area contributed by atoms with Gasteiger partial charge >= 0.3 is 0 Å². The van der Waals surface area contributed by atoms with E-state index in [0.29, 0.717) is 29.3 Å². The second kappa shape index (κ2) is 8.14. The van der Waals surface area contributed by atoms with Gasteiger partial charge in [0.25, 0.3) is 5.56 Å². The van der Waals surface area contributed by atoms with Crippen molar-refractivity contribution in [3.8, 4) is 0 Å². The molecule has 1 fully saturated rings. The number of benzene rings is 1. The number of aliphatic hydroxyl groups is 1. The molecule has 0 saturated heterocycles. The third kappa shape index (κ3) is 4.25. The molecule has 1 saturated carbocycles. The van der Waals surface area contributed by atoms with Crippen LogP contribution in [0.25, 0.3) is 10.8 Å². The minimum absolute atomic E-state index is 0.0408. The number of rotatable bonds is 5. The molecule has 2 amide bonds. The van der Waals surface area contributed by atoms with Crippen LogP contribution in [0, 0.1) is 0 Å². The van der Waals surface area contributed by atoms with E-state index in [-0.39, 0.29) is 17.9 Å². The van der Waals surface area contributed by atoms with Gasteiger partial charge in [0.2, 0.25) is 11.8 Å². The number of aromatic nitrogens is 1. The normalized spacial score (nSPS) is 17.6. The van der Waals surface area contributed by atoms with Crippen LogP contribution < -0.4 is 16.6 Å². The first-order valence-electron chi connectivity index (χ1n) is 9.76. The molecule has 0 aliphatic heterocycles. The first kappa shape index (κ1) is 20.1. The van der Waals surface area contributed by atoms with Gasteiger partial charge in [0.15, 0.2) is 0 Å². The van der Waals surface area contributed by atoms with Gasteiger partial charge in [-0.2, -0.15) is 0 Å². The molecule has 1 aromatic heterocycles. The highest BCUT2D eigenvalue weighted by Gasteiger charge is 2.30. The summed E-state index contributed by atoms with van der Waals surface area (Å²) in [6.07, 6.45) is 6.84. The summed E-state index contributed by atoms with van der Waals surface area (Å²) in [6.45, 7) is 1.56. The summed E-state index contributed by atoms with van der Waals surface area (Å²) in [5.41, 5.74) is 4.51. The lowest BCUT2D eigenvalue weighted by atomic mass is 9.90. The largest absolute Gasteiger partial charge is 0.389 e. The van der Waals surface area contributed by atoms with Crippen molar-refractivity contribution in [3.05, 3.63) is 40.8 Å². The number of nitrogens with one attached hydrogen (secondary N) is 1. The Morgan fingerprint density at radius 1 is 1.18 bits per heavy atom. The Balaban J connectivity index is 1.85. The van der Waals surface area contributed by atoms with E-state index in [1.54, 1.807) is 31.2 Å². The van der Waals surface area contributed by atoms with Gasteiger partial charge in [0, 0.05) is 22.7 Å². The quantitative estimate of drug-likeness (QED) is 0.686. The average molecular weight is 385 g/mol. The molecular weight excluding hydrogens is 358 g/mol. The molecule has 7 heteroatoms. The minimum atomic E-state index is -0.963. The van der Waals surface area contributed by atoms with E-state index in [9.17, 15) is 19.5 Å². The van der Waals surface area contributed by atoms with Crippen LogP contribution in [0.3, 0.4) is 0 Å². The number of primary amides is 1. The van der Waals surface area contributed by atoms with Crippen molar-refractivity contribution in [2.24, 2.45) is 5.73 Å². The van der Waals surface area contributed by atoms with Gasteiger partial charge in [-0.3, -0.25) is 14.4 Å². The Labute approximate surface area is 163 Å². The van der Waals surface area contributed by atoms with Gasteiger partial charge in [-0.05, 0) is 38.0 Å². The average Bonchev–Trinajstić information content (AvgIpc) is 2.86. The molecule has 0 unspecified atom stereocenters. The van der Waals surface area contributed by atoms with E-state index in [0.717, 1.165) is 25.7 Å². The third-order valence-corrected chi connectivity index (χ3v) is 5.60. The summed E-state index contributed by atoms with van der Waals surface area (Å²) in [5, 5.41) is 14.6. The number of carbonyl (C=O) groups excluding carboxylic acids is 2. The molecule has 1 aromatic carbocycles. The molecule has 0 spiro atoms. The fourth-order valence-corrected chi connectivity index (χ4v) is 3.90. The van der Waals surface area contributed by atoms with Gasteiger partial charge in [-0.15, -0.1) is 0 Å². The topological polar surface area (TPSA) is 114 Å². The lowest BCUT2D eigenvalue weighted by Crippen LogP contribution is -2.33. The van der Waals surface area contributed by atoms with Crippen molar-refractivity contribution in [3.63, 3.8) is 0 Å². The maximum atomic E-state index is 12.7. The third-order valence-electron chi connectivity index (χ3n) is 5.60. The Kier molecular flexibility index (Phi) is 5.84. The van der Waals surface area contributed by atoms with Crippen LogP contribution in [-0.4, -0.2) is 27.1 Å². The summed E-state index contributed by atoms with van der Waals surface area (Å²) < 4.78 is 1.28. The molecule has 7 nitrogen and oxygen atoms in total. The number of fused-ring (bicyclic) bond motifs is 1. The van der Waals surface area contributed by atoms with Crippen LogP contribution in [0.1, 0.15) is 57.9 Å². The predicted octanol–water partition coefficient (Wildman–Crippen LogP) is 2.46. The summed E-state index contributed by atoms with van der Waals surface area (Å²) in [6, 6.07) is 5.97. The van der Waals surface area contributed by atoms with Crippen molar-refractivity contribution in [1.29, 1.82) is 0 Å². The second-order valence-electron chi connectivity index (χ2n) is 7.74. The van der Waals surface area contributed by atoms with Crippen LogP contribution >= 0.6 is 0 Å². The molecule has 0 bridgehead atoms. The number of anilines is 1. The number of carbonyl (C=O) groups is 2. The van der Waals surface area contributed by atoms with Gasteiger partial charge < -0.3 is 20.7 Å². The smallest absolute Gasteiger partial charge is 0.259 e. The van der Waals surface area contributed by atoms with Crippen LogP contribution in [0.4, 0.5) is 5.69 Å². The first-order chi connectivity index (χ1) is 13.3. The zero-order chi connectivity index (χ0) is 20.3. The Morgan fingerprint density at radius 3 is 2.50 bits per heavy atom. The monoisotopic (exact) mass is 385 g/mol. The second-order valence-corrected chi connectivity index (χ2v) is 7.74. The van der Waals surface area contributed by atoms with Crippen molar-refractivity contribution in [2.75, 3.05) is 5.32 Å². The molecule has 28 heavy (non-hydrogen) atoms. The van der Waals surface area contributed by atoms with E-state index in [1.165, 1.54) is 10.8 Å². The molecule has 4 N–H and O–H groups in total. The van der Waals surface area contributed by atoms with Gasteiger partial charge in [-0.25, -0.2) is 0 Å². The number of hydrogen-bond donors (Lipinski definition) is 3. The van der Waals surface area contributed by atoms with Crippen LogP contribution in [0.15, 0.2) is 35.3 Å². The van der Waals surface area contributed by atoms with Crippen molar-refractivity contribution >= 4 is 28.3 Å². The van der Waals surface area contributed by atoms with Crippen LogP contribution in [0.5, 0.6) is 0 Å². The fraction of sp³-hybridized carbons (Fsp3) is 0.476. The Hall–Kier alpha value is -2.67. The van der Waals surface area contributed by atoms with Crippen molar-refractivity contribution in [1.82, 2.24) is 4.57 Å². The van der Waals surface area contributed by atoms with E-state index in [1.807, 2.05) is 0 Å². The molecule has 2 aromatic rings. The van der Waals surface area contributed by atoms with E-state index >= 15 is 0 Å².